The van der Waals surface area contributed by atoms with Crippen LogP contribution >= 0.6 is 0 Å². The average Bonchev–Trinajstić information content (AvgIpc) is 2.75. The zero-order valence-corrected chi connectivity index (χ0v) is 22.9. The van der Waals surface area contributed by atoms with Gasteiger partial charge in [0.25, 0.3) is 0 Å². The van der Waals surface area contributed by atoms with Gasteiger partial charge in [0.2, 0.25) is 11.8 Å². The number of carbonyl (C=O) groups excluding carboxylic acids is 3. The van der Waals surface area contributed by atoms with E-state index in [1.54, 1.807) is 44.7 Å². The molecule has 3 amide bonds. The van der Waals surface area contributed by atoms with Crippen molar-refractivity contribution in [3.63, 3.8) is 0 Å². The highest BCUT2D eigenvalue weighted by molar-refractivity contribution is 5.92. The molecule has 198 valence electrons. The van der Waals surface area contributed by atoms with E-state index in [2.05, 4.69) is 10.6 Å². The monoisotopic (exact) mass is 491 g/mol. The molecule has 3 atom stereocenters. The molecule has 1 aromatic carbocycles. The van der Waals surface area contributed by atoms with E-state index in [9.17, 15) is 19.5 Å². The molecule has 0 fully saturated rings. The highest BCUT2D eigenvalue weighted by Gasteiger charge is 2.39. The Kier molecular flexibility index (Phi) is 11.5. The Morgan fingerprint density at radius 3 is 2.23 bits per heavy atom. The number of phenols is 1. The fourth-order valence-electron chi connectivity index (χ4n) is 3.68. The van der Waals surface area contributed by atoms with Crippen molar-refractivity contribution >= 4 is 17.9 Å². The maximum Gasteiger partial charge on any atom is 0.408 e. The van der Waals surface area contributed by atoms with Gasteiger partial charge < -0.3 is 25.4 Å². The van der Waals surface area contributed by atoms with Crippen molar-refractivity contribution in [2.75, 3.05) is 6.54 Å². The highest BCUT2D eigenvalue weighted by Crippen LogP contribution is 2.30. The first-order chi connectivity index (χ1) is 16.2. The topological polar surface area (TPSA) is 108 Å². The molecule has 0 aromatic heterocycles. The van der Waals surface area contributed by atoms with Gasteiger partial charge in [-0.25, -0.2) is 4.79 Å². The number of unbranched alkanes of at least 4 members (excludes halogenated alkanes) is 1. The zero-order chi connectivity index (χ0) is 26.9. The molecule has 0 saturated carbocycles. The molecule has 0 spiro atoms. The predicted octanol–water partition coefficient (Wildman–Crippen LogP) is 4.83. The number of phenolic OH excluding ortho intramolecular Hbond substituents is 1. The molecule has 0 heterocycles. The second kappa shape index (κ2) is 13.4. The Balaban J connectivity index is 3.51. The van der Waals surface area contributed by atoms with Crippen LogP contribution in [0.4, 0.5) is 4.79 Å². The minimum atomic E-state index is -0.921. The Bertz CT molecular complexity index is 863. The largest absolute Gasteiger partial charge is 0.508 e. The van der Waals surface area contributed by atoms with Crippen LogP contribution in [0.5, 0.6) is 5.75 Å². The molecule has 3 unspecified atom stereocenters. The number of ether oxygens (including phenoxy) is 1. The van der Waals surface area contributed by atoms with Crippen molar-refractivity contribution in [3.05, 3.63) is 29.3 Å². The van der Waals surface area contributed by atoms with Crippen molar-refractivity contribution in [2.45, 2.75) is 105 Å². The number of aryl methyl sites for hydroxylation is 1. The SMILES string of the molecule is CCCCNC(=O)C(c1ccc(O)c(C)c1)N(C(=O)C(NC(=O)OC(C)(C)C)C(C)C)C(C)CC. The third-order valence-corrected chi connectivity index (χ3v) is 5.82. The van der Waals surface area contributed by atoms with E-state index < -0.39 is 23.8 Å². The van der Waals surface area contributed by atoms with Gasteiger partial charge in [-0.2, -0.15) is 0 Å². The molecule has 3 N–H and O–H groups in total. The molecule has 1 rings (SSSR count). The summed E-state index contributed by atoms with van der Waals surface area (Å²) >= 11 is 0. The van der Waals surface area contributed by atoms with Crippen LogP contribution < -0.4 is 10.6 Å². The van der Waals surface area contributed by atoms with Gasteiger partial charge in [-0.1, -0.05) is 40.2 Å². The summed E-state index contributed by atoms with van der Waals surface area (Å²) in [5.74, 6) is -0.780. The third-order valence-electron chi connectivity index (χ3n) is 5.82. The molecular formula is C27H45N3O5. The number of aromatic hydroxyl groups is 1. The molecule has 8 nitrogen and oxygen atoms in total. The molecule has 0 bridgehead atoms. The zero-order valence-electron chi connectivity index (χ0n) is 22.9. The highest BCUT2D eigenvalue weighted by atomic mass is 16.6. The molecule has 1 aromatic rings. The number of hydrogen-bond donors (Lipinski definition) is 3. The number of nitrogens with zero attached hydrogens (tertiary/aromatic N) is 1. The summed E-state index contributed by atoms with van der Waals surface area (Å²) in [5, 5.41) is 15.7. The first-order valence-corrected chi connectivity index (χ1v) is 12.6. The predicted molar refractivity (Wildman–Crippen MR) is 138 cm³/mol. The summed E-state index contributed by atoms with van der Waals surface area (Å²) in [5.41, 5.74) is 0.497. The van der Waals surface area contributed by atoms with E-state index in [4.69, 9.17) is 4.74 Å². The standard InChI is InChI=1S/C27H45N3O5/c1-10-12-15-28-24(32)23(20-13-14-21(31)18(5)16-20)30(19(6)11-2)25(33)22(17(3)4)29-26(34)35-27(7,8)9/h13-14,16-17,19,22-23,31H,10-12,15H2,1-9H3,(H,28,32)(H,29,34). The van der Waals surface area contributed by atoms with Crippen molar-refractivity contribution < 1.29 is 24.2 Å². The van der Waals surface area contributed by atoms with Crippen LogP contribution in [0.15, 0.2) is 18.2 Å². The van der Waals surface area contributed by atoms with Gasteiger partial charge in [-0.05, 0) is 76.6 Å². The smallest absolute Gasteiger partial charge is 0.408 e. The van der Waals surface area contributed by atoms with E-state index in [-0.39, 0.29) is 29.5 Å². The van der Waals surface area contributed by atoms with Gasteiger partial charge in [0.05, 0.1) is 0 Å². The van der Waals surface area contributed by atoms with Crippen molar-refractivity contribution in [3.8, 4) is 5.75 Å². The van der Waals surface area contributed by atoms with Gasteiger partial charge in [0, 0.05) is 12.6 Å². The molecule has 0 aliphatic heterocycles. The lowest BCUT2D eigenvalue weighted by molar-refractivity contribution is -0.146. The minimum Gasteiger partial charge on any atom is -0.508 e. The van der Waals surface area contributed by atoms with E-state index in [0.29, 0.717) is 24.1 Å². The second-order valence-corrected chi connectivity index (χ2v) is 10.5. The minimum absolute atomic E-state index is 0.118. The Labute approximate surface area is 210 Å². The van der Waals surface area contributed by atoms with Crippen LogP contribution in [0.25, 0.3) is 0 Å². The summed E-state index contributed by atoms with van der Waals surface area (Å²) in [6, 6.07) is 2.84. The molecule has 0 saturated heterocycles. The molecular weight excluding hydrogens is 446 g/mol. The number of hydrogen-bond acceptors (Lipinski definition) is 5. The van der Waals surface area contributed by atoms with Crippen molar-refractivity contribution in [1.29, 1.82) is 0 Å². The van der Waals surface area contributed by atoms with Crippen LogP contribution in [0, 0.1) is 12.8 Å². The molecule has 8 heteroatoms. The van der Waals surface area contributed by atoms with Gasteiger partial charge in [0.15, 0.2) is 0 Å². The maximum absolute atomic E-state index is 14.0. The van der Waals surface area contributed by atoms with Gasteiger partial charge >= 0.3 is 6.09 Å². The number of carbonyl (C=O) groups is 3. The van der Waals surface area contributed by atoms with E-state index in [1.165, 1.54) is 6.07 Å². The van der Waals surface area contributed by atoms with Crippen LogP contribution in [0.1, 0.15) is 91.8 Å². The lowest BCUT2D eigenvalue weighted by atomic mass is 9.95. The van der Waals surface area contributed by atoms with Crippen molar-refractivity contribution in [1.82, 2.24) is 15.5 Å². The second-order valence-electron chi connectivity index (χ2n) is 10.5. The molecule has 0 aliphatic carbocycles. The lowest BCUT2D eigenvalue weighted by Crippen LogP contribution is -2.57. The van der Waals surface area contributed by atoms with Gasteiger partial charge in [0.1, 0.15) is 23.4 Å². The first-order valence-electron chi connectivity index (χ1n) is 12.6. The number of benzene rings is 1. The summed E-state index contributed by atoms with van der Waals surface area (Å²) in [6.45, 7) is 17.1. The van der Waals surface area contributed by atoms with Gasteiger partial charge in [-0.15, -0.1) is 0 Å². The van der Waals surface area contributed by atoms with E-state index >= 15 is 0 Å². The van der Waals surface area contributed by atoms with Crippen LogP contribution in [0.2, 0.25) is 0 Å². The van der Waals surface area contributed by atoms with Gasteiger partial charge in [-0.3, -0.25) is 9.59 Å². The average molecular weight is 492 g/mol. The third kappa shape index (κ3) is 9.07. The Morgan fingerprint density at radius 2 is 1.74 bits per heavy atom. The summed E-state index contributed by atoms with van der Waals surface area (Å²) in [6.07, 6.45) is 1.67. The van der Waals surface area contributed by atoms with Crippen LogP contribution in [-0.2, 0) is 14.3 Å². The number of amides is 3. The number of alkyl carbamates (subject to hydrolysis) is 1. The lowest BCUT2D eigenvalue weighted by Gasteiger charge is -2.39. The first kappa shape index (κ1) is 30.3. The maximum atomic E-state index is 14.0. The summed E-state index contributed by atoms with van der Waals surface area (Å²) in [7, 11) is 0. The normalized spacial score (nSPS) is 14.1. The summed E-state index contributed by atoms with van der Waals surface area (Å²) in [4.78, 5) is 41.6. The van der Waals surface area contributed by atoms with Crippen LogP contribution in [-0.4, -0.2) is 52.1 Å². The fourth-order valence-corrected chi connectivity index (χ4v) is 3.68. The van der Waals surface area contributed by atoms with Crippen LogP contribution in [0.3, 0.4) is 0 Å². The van der Waals surface area contributed by atoms with Crippen molar-refractivity contribution in [2.24, 2.45) is 5.92 Å². The fraction of sp³-hybridized carbons (Fsp3) is 0.667. The number of nitrogens with one attached hydrogen (secondary N) is 2. The Morgan fingerprint density at radius 1 is 1.11 bits per heavy atom. The summed E-state index contributed by atoms with van der Waals surface area (Å²) < 4.78 is 5.39. The Hall–Kier alpha value is -2.77. The van der Waals surface area contributed by atoms with E-state index in [1.807, 2.05) is 34.6 Å². The number of rotatable bonds is 11. The van der Waals surface area contributed by atoms with E-state index in [0.717, 1.165) is 12.8 Å². The molecule has 35 heavy (non-hydrogen) atoms. The quantitative estimate of drug-likeness (QED) is 0.384. The molecule has 0 radical (unpaired) electrons. The molecule has 0 aliphatic rings.